The summed E-state index contributed by atoms with van der Waals surface area (Å²) >= 11 is 0. The van der Waals surface area contributed by atoms with Gasteiger partial charge in [-0.2, -0.15) is 0 Å². The third kappa shape index (κ3) is 6.47. The summed E-state index contributed by atoms with van der Waals surface area (Å²) in [7, 11) is -0.0276. The summed E-state index contributed by atoms with van der Waals surface area (Å²) in [6.45, 7) is 0. The van der Waals surface area contributed by atoms with Crippen LogP contribution in [0.15, 0.2) is 30.3 Å². The number of nitrogens with zero attached hydrogens (tertiary/aromatic N) is 1. The van der Waals surface area contributed by atoms with Crippen molar-refractivity contribution >= 4 is 21.6 Å². The Bertz CT molecular complexity index is 544. The second-order valence-corrected chi connectivity index (χ2v) is 7.43. The van der Waals surface area contributed by atoms with E-state index in [0.29, 0.717) is 18.5 Å². The lowest BCUT2D eigenvalue weighted by molar-refractivity contribution is -0.120. The number of unbranched alkanes of at least 4 members (excludes halogenated alkanes) is 4. The van der Waals surface area contributed by atoms with E-state index in [2.05, 4.69) is 5.32 Å². The van der Waals surface area contributed by atoms with Gasteiger partial charge in [0.2, 0.25) is 15.9 Å². The molecule has 0 aliphatic rings. The molecule has 0 radical (unpaired) electrons. The van der Waals surface area contributed by atoms with Gasteiger partial charge in [-0.05, 0) is 25.0 Å². The van der Waals surface area contributed by atoms with Crippen molar-refractivity contribution in [1.29, 1.82) is 0 Å². The first-order valence-corrected chi connectivity index (χ1v) is 9.30. The zero-order valence-electron chi connectivity index (χ0n) is 13.4. The van der Waals surface area contributed by atoms with Crippen LogP contribution in [0.2, 0.25) is 0 Å². The van der Waals surface area contributed by atoms with E-state index in [1.54, 1.807) is 26.2 Å². The fourth-order valence-corrected chi connectivity index (χ4v) is 3.45. The Morgan fingerprint density at radius 2 is 1.64 bits per heavy atom. The Hall–Kier alpha value is -1.56. The van der Waals surface area contributed by atoms with Crippen LogP contribution in [0.1, 0.15) is 38.5 Å². The number of carbonyl (C=O) groups excluding carboxylic acids is 1. The highest BCUT2D eigenvalue weighted by molar-refractivity contribution is 7.92. The maximum atomic E-state index is 12.2. The number of hydrogen-bond donors (Lipinski definition) is 1. The molecular weight excluding hydrogens is 300 g/mol. The minimum absolute atomic E-state index is 0.0621. The van der Waals surface area contributed by atoms with Crippen molar-refractivity contribution in [1.82, 2.24) is 5.32 Å². The van der Waals surface area contributed by atoms with E-state index >= 15 is 0 Å². The monoisotopic (exact) mass is 326 g/mol. The molecule has 0 saturated carbocycles. The van der Waals surface area contributed by atoms with E-state index in [1.807, 2.05) is 18.2 Å². The highest BCUT2D eigenvalue weighted by atomic mass is 32.2. The first-order valence-electron chi connectivity index (χ1n) is 7.69. The average Bonchev–Trinajstić information content (AvgIpc) is 2.53. The van der Waals surface area contributed by atoms with Gasteiger partial charge in [-0.25, -0.2) is 8.42 Å². The molecule has 22 heavy (non-hydrogen) atoms. The molecule has 0 bridgehead atoms. The van der Waals surface area contributed by atoms with Crippen LogP contribution in [-0.4, -0.2) is 34.2 Å². The molecule has 1 rings (SSSR count). The summed E-state index contributed by atoms with van der Waals surface area (Å²) in [6.07, 6.45) is 4.85. The molecule has 0 atom stereocenters. The molecule has 5 nitrogen and oxygen atoms in total. The Kier molecular flexibility index (Phi) is 7.95. The number of para-hydroxylation sites is 1. The molecule has 0 fully saturated rings. The molecule has 0 aliphatic carbocycles. The predicted molar refractivity (Wildman–Crippen MR) is 90.4 cm³/mol. The minimum Gasteiger partial charge on any atom is -0.359 e. The summed E-state index contributed by atoms with van der Waals surface area (Å²) in [5.74, 6) is 0.223. The van der Waals surface area contributed by atoms with Gasteiger partial charge in [0, 0.05) is 20.5 Å². The molecule has 1 aromatic carbocycles. The molecule has 1 amide bonds. The van der Waals surface area contributed by atoms with Crippen LogP contribution in [0, 0.1) is 0 Å². The van der Waals surface area contributed by atoms with Gasteiger partial charge in [-0.15, -0.1) is 0 Å². The second-order valence-electron chi connectivity index (χ2n) is 5.31. The van der Waals surface area contributed by atoms with Crippen LogP contribution in [0.4, 0.5) is 5.69 Å². The van der Waals surface area contributed by atoms with Gasteiger partial charge in [0.1, 0.15) is 0 Å². The molecule has 0 aliphatic heterocycles. The molecule has 1 aromatic rings. The predicted octanol–water partition coefficient (Wildman–Crippen LogP) is 2.54. The normalized spacial score (nSPS) is 11.2. The summed E-state index contributed by atoms with van der Waals surface area (Å²) in [5.41, 5.74) is 0.688. The number of anilines is 1. The van der Waals surface area contributed by atoms with Gasteiger partial charge >= 0.3 is 0 Å². The third-order valence-electron chi connectivity index (χ3n) is 3.62. The Balaban J connectivity index is 2.25. The maximum absolute atomic E-state index is 12.2. The molecule has 0 unspecified atom stereocenters. The smallest absolute Gasteiger partial charge is 0.234 e. The Morgan fingerprint density at radius 3 is 2.27 bits per heavy atom. The van der Waals surface area contributed by atoms with E-state index in [4.69, 9.17) is 0 Å². The van der Waals surface area contributed by atoms with Gasteiger partial charge in [0.15, 0.2) is 0 Å². The summed E-state index contributed by atoms with van der Waals surface area (Å²) < 4.78 is 25.8. The van der Waals surface area contributed by atoms with Crippen LogP contribution < -0.4 is 9.62 Å². The topological polar surface area (TPSA) is 66.5 Å². The van der Waals surface area contributed by atoms with Gasteiger partial charge in [0.25, 0.3) is 0 Å². The summed E-state index contributed by atoms with van der Waals surface area (Å²) in [6, 6.07) is 9.09. The van der Waals surface area contributed by atoms with Crippen LogP contribution in [0.3, 0.4) is 0 Å². The molecule has 124 valence electrons. The van der Waals surface area contributed by atoms with Crippen LogP contribution in [0.25, 0.3) is 0 Å². The standard InChI is InChI=1S/C16H26N2O3S/c1-17-16(19)13-9-4-3-5-10-14-22(20,21)18(2)15-11-7-6-8-12-15/h6-8,11-12H,3-5,9-10,13-14H2,1-2H3,(H,17,19). The van der Waals surface area contributed by atoms with Gasteiger partial charge in [-0.1, -0.05) is 37.5 Å². The minimum atomic E-state index is -3.25. The largest absolute Gasteiger partial charge is 0.359 e. The van der Waals surface area contributed by atoms with Gasteiger partial charge in [0.05, 0.1) is 11.4 Å². The van der Waals surface area contributed by atoms with Crippen molar-refractivity contribution in [2.24, 2.45) is 0 Å². The highest BCUT2D eigenvalue weighted by Gasteiger charge is 2.17. The summed E-state index contributed by atoms with van der Waals surface area (Å²) in [5, 5.41) is 2.59. The number of sulfonamides is 1. The van der Waals surface area contributed by atoms with Crippen molar-refractivity contribution in [3.63, 3.8) is 0 Å². The van der Waals surface area contributed by atoms with Gasteiger partial charge < -0.3 is 5.32 Å². The van der Waals surface area contributed by atoms with Crippen molar-refractivity contribution < 1.29 is 13.2 Å². The number of rotatable bonds is 10. The Morgan fingerprint density at radius 1 is 1.05 bits per heavy atom. The van der Waals surface area contributed by atoms with Crippen LogP contribution in [-0.2, 0) is 14.8 Å². The van der Waals surface area contributed by atoms with Crippen molar-refractivity contribution in [2.75, 3.05) is 24.2 Å². The zero-order valence-corrected chi connectivity index (χ0v) is 14.2. The molecule has 0 saturated heterocycles. The number of hydrogen-bond acceptors (Lipinski definition) is 3. The summed E-state index contributed by atoms with van der Waals surface area (Å²) in [4.78, 5) is 11.0. The molecule has 6 heteroatoms. The van der Waals surface area contributed by atoms with E-state index < -0.39 is 10.0 Å². The van der Waals surface area contributed by atoms with Crippen molar-refractivity contribution in [2.45, 2.75) is 38.5 Å². The quantitative estimate of drug-likeness (QED) is 0.672. The van der Waals surface area contributed by atoms with E-state index in [1.165, 1.54) is 4.31 Å². The second kappa shape index (κ2) is 9.46. The molecule has 0 aromatic heterocycles. The average molecular weight is 326 g/mol. The zero-order chi connectivity index (χ0) is 16.4. The number of carbonyl (C=O) groups is 1. The van der Waals surface area contributed by atoms with E-state index in [-0.39, 0.29) is 11.7 Å². The number of benzene rings is 1. The van der Waals surface area contributed by atoms with E-state index in [9.17, 15) is 13.2 Å². The van der Waals surface area contributed by atoms with Crippen LogP contribution >= 0.6 is 0 Å². The number of amides is 1. The fraction of sp³-hybridized carbons (Fsp3) is 0.562. The van der Waals surface area contributed by atoms with E-state index in [0.717, 1.165) is 25.7 Å². The van der Waals surface area contributed by atoms with Crippen molar-refractivity contribution in [3.8, 4) is 0 Å². The highest BCUT2D eigenvalue weighted by Crippen LogP contribution is 2.16. The first-order chi connectivity index (χ1) is 10.5. The Labute approximate surface area is 133 Å². The molecule has 0 spiro atoms. The van der Waals surface area contributed by atoms with Crippen LogP contribution in [0.5, 0.6) is 0 Å². The van der Waals surface area contributed by atoms with Crippen molar-refractivity contribution in [3.05, 3.63) is 30.3 Å². The van der Waals surface area contributed by atoms with Gasteiger partial charge in [-0.3, -0.25) is 9.10 Å². The lowest BCUT2D eigenvalue weighted by Crippen LogP contribution is -2.28. The fourth-order valence-electron chi connectivity index (χ4n) is 2.16. The number of nitrogens with one attached hydrogen (secondary N) is 1. The lowest BCUT2D eigenvalue weighted by Gasteiger charge is -2.19. The SMILES string of the molecule is CNC(=O)CCCCCCCS(=O)(=O)N(C)c1ccccc1. The third-order valence-corrected chi connectivity index (χ3v) is 5.47. The molecular formula is C16H26N2O3S. The first kappa shape index (κ1) is 18.5. The molecule has 1 N–H and O–H groups in total. The maximum Gasteiger partial charge on any atom is 0.234 e. The molecule has 0 heterocycles. The lowest BCUT2D eigenvalue weighted by atomic mass is 10.1.